The predicted molar refractivity (Wildman–Crippen MR) is 83.4 cm³/mol. The van der Waals surface area contributed by atoms with Gasteiger partial charge in [-0.2, -0.15) is 0 Å². The van der Waals surface area contributed by atoms with Crippen LogP contribution < -0.4 is 5.32 Å². The Bertz CT molecular complexity index is 266. The van der Waals surface area contributed by atoms with Crippen molar-refractivity contribution in [2.24, 2.45) is 17.8 Å². The molecule has 2 heteroatoms. The van der Waals surface area contributed by atoms with Gasteiger partial charge in [0, 0.05) is 25.2 Å². The van der Waals surface area contributed by atoms with Gasteiger partial charge in [-0.15, -0.1) is 0 Å². The molecule has 0 aromatic heterocycles. The topological polar surface area (TPSA) is 15.3 Å². The predicted octanol–water partition coefficient (Wildman–Crippen LogP) is 3.52. The highest BCUT2D eigenvalue weighted by Crippen LogP contribution is 2.30. The first-order valence-corrected chi connectivity index (χ1v) is 8.53. The summed E-state index contributed by atoms with van der Waals surface area (Å²) in [6.45, 7) is 9.95. The Morgan fingerprint density at radius 1 is 1.05 bits per heavy atom. The van der Waals surface area contributed by atoms with Crippen LogP contribution in [-0.2, 0) is 0 Å². The summed E-state index contributed by atoms with van der Waals surface area (Å²) in [7, 11) is 2.16. The fourth-order valence-electron chi connectivity index (χ4n) is 4.36. The molecule has 1 aliphatic carbocycles. The second kappa shape index (κ2) is 7.08. The van der Waals surface area contributed by atoms with E-state index in [4.69, 9.17) is 0 Å². The fraction of sp³-hybridized carbons (Fsp3) is 1.00. The monoisotopic (exact) mass is 266 g/mol. The van der Waals surface area contributed by atoms with Crippen molar-refractivity contribution >= 4 is 0 Å². The number of hydrogen-bond acceptors (Lipinski definition) is 2. The molecule has 0 amide bonds. The molecule has 5 unspecified atom stereocenters. The third kappa shape index (κ3) is 3.95. The zero-order valence-electron chi connectivity index (χ0n) is 13.5. The molecule has 1 aliphatic heterocycles. The second-order valence-corrected chi connectivity index (χ2v) is 7.31. The summed E-state index contributed by atoms with van der Waals surface area (Å²) >= 11 is 0. The standard InChI is InChI=1S/C17H34N2/c1-13-10-14(2)15(3)19(11-13)12-16-8-6-5-7-9-17(16)18-4/h13-18H,5-12H2,1-4H3. The van der Waals surface area contributed by atoms with Gasteiger partial charge in [-0.1, -0.05) is 33.1 Å². The van der Waals surface area contributed by atoms with Crippen molar-refractivity contribution in [3.05, 3.63) is 0 Å². The Morgan fingerprint density at radius 2 is 1.79 bits per heavy atom. The molecular weight excluding hydrogens is 232 g/mol. The molecular formula is C17H34N2. The van der Waals surface area contributed by atoms with E-state index >= 15 is 0 Å². The molecule has 1 heterocycles. The van der Waals surface area contributed by atoms with Crippen molar-refractivity contribution in [2.45, 2.75) is 71.4 Å². The molecule has 0 spiro atoms. The van der Waals surface area contributed by atoms with Crippen LogP contribution in [0, 0.1) is 17.8 Å². The third-order valence-corrected chi connectivity index (χ3v) is 5.72. The summed E-state index contributed by atoms with van der Waals surface area (Å²) in [6, 6.07) is 1.53. The minimum Gasteiger partial charge on any atom is -0.317 e. The molecule has 1 N–H and O–H groups in total. The van der Waals surface area contributed by atoms with Gasteiger partial charge in [0.05, 0.1) is 0 Å². The van der Waals surface area contributed by atoms with E-state index in [-0.39, 0.29) is 0 Å². The number of nitrogens with one attached hydrogen (secondary N) is 1. The van der Waals surface area contributed by atoms with Crippen LogP contribution in [0.5, 0.6) is 0 Å². The van der Waals surface area contributed by atoms with E-state index in [9.17, 15) is 0 Å². The van der Waals surface area contributed by atoms with Crippen molar-refractivity contribution in [3.63, 3.8) is 0 Å². The average Bonchev–Trinajstić information content (AvgIpc) is 2.60. The molecule has 112 valence electrons. The zero-order valence-corrected chi connectivity index (χ0v) is 13.5. The lowest BCUT2D eigenvalue weighted by atomic mass is 9.84. The molecule has 5 atom stereocenters. The summed E-state index contributed by atoms with van der Waals surface area (Å²) in [4.78, 5) is 2.79. The van der Waals surface area contributed by atoms with Crippen LogP contribution in [0.4, 0.5) is 0 Å². The summed E-state index contributed by atoms with van der Waals surface area (Å²) in [5, 5.41) is 3.59. The Kier molecular flexibility index (Phi) is 5.70. The van der Waals surface area contributed by atoms with E-state index in [1.165, 1.54) is 51.6 Å². The van der Waals surface area contributed by atoms with Crippen molar-refractivity contribution in [3.8, 4) is 0 Å². The number of likely N-dealkylation sites (tertiary alicyclic amines) is 1. The molecule has 2 fully saturated rings. The maximum absolute atomic E-state index is 3.59. The number of nitrogens with zero attached hydrogens (tertiary/aromatic N) is 1. The molecule has 2 rings (SSSR count). The lowest BCUT2D eigenvalue weighted by Crippen LogP contribution is -2.50. The van der Waals surface area contributed by atoms with Gasteiger partial charge in [-0.3, -0.25) is 4.90 Å². The van der Waals surface area contributed by atoms with Crippen LogP contribution in [0.15, 0.2) is 0 Å². The molecule has 2 nitrogen and oxygen atoms in total. The molecule has 0 radical (unpaired) electrons. The average molecular weight is 266 g/mol. The number of hydrogen-bond donors (Lipinski definition) is 1. The zero-order chi connectivity index (χ0) is 13.8. The Hall–Kier alpha value is -0.0800. The lowest BCUT2D eigenvalue weighted by molar-refractivity contribution is 0.0572. The Morgan fingerprint density at radius 3 is 2.53 bits per heavy atom. The molecule has 0 aromatic rings. The van der Waals surface area contributed by atoms with E-state index in [0.29, 0.717) is 0 Å². The van der Waals surface area contributed by atoms with Crippen LogP contribution in [-0.4, -0.2) is 37.1 Å². The van der Waals surface area contributed by atoms with Crippen LogP contribution in [0.25, 0.3) is 0 Å². The molecule has 1 saturated heterocycles. The SMILES string of the molecule is CNC1CCCCCC1CN1CC(C)CC(C)C1C. The van der Waals surface area contributed by atoms with Crippen molar-refractivity contribution in [1.82, 2.24) is 10.2 Å². The first-order valence-electron chi connectivity index (χ1n) is 8.53. The smallest absolute Gasteiger partial charge is 0.0104 e. The minimum atomic E-state index is 0.752. The molecule has 2 aliphatic rings. The normalized spacial score (nSPS) is 42.0. The largest absolute Gasteiger partial charge is 0.317 e. The van der Waals surface area contributed by atoms with Crippen LogP contribution in [0.1, 0.15) is 59.3 Å². The van der Waals surface area contributed by atoms with Gasteiger partial charge in [0.15, 0.2) is 0 Å². The summed E-state index contributed by atoms with van der Waals surface area (Å²) in [6.07, 6.45) is 8.53. The maximum Gasteiger partial charge on any atom is 0.0104 e. The van der Waals surface area contributed by atoms with Gasteiger partial charge in [0.25, 0.3) is 0 Å². The Labute approximate surface area is 120 Å². The second-order valence-electron chi connectivity index (χ2n) is 7.31. The van der Waals surface area contributed by atoms with Gasteiger partial charge in [-0.05, 0) is 51.0 Å². The highest BCUT2D eigenvalue weighted by Gasteiger charge is 2.32. The van der Waals surface area contributed by atoms with E-state index in [2.05, 4.69) is 38.0 Å². The lowest BCUT2D eigenvalue weighted by Gasteiger charge is -2.43. The molecule has 0 aromatic carbocycles. The highest BCUT2D eigenvalue weighted by molar-refractivity contribution is 4.87. The minimum absolute atomic E-state index is 0.752. The Balaban J connectivity index is 1.96. The molecule has 19 heavy (non-hydrogen) atoms. The first-order chi connectivity index (χ1) is 9.11. The first kappa shape index (κ1) is 15.3. The van der Waals surface area contributed by atoms with Crippen LogP contribution in [0.2, 0.25) is 0 Å². The quantitative estimate of drug-likeness (QED) is 0.786. The van der Waals surface area contributed by atoms with E-state index < -0.39 is 0 Å². The van der Waals surface area contributed by atoms with Gasteiger partial charge in [0.2, 0.25) is 0 Å². The van der Waals surface area contributed by atoms with Crippen LogP contribution >= 0.6 is 0 Å². The van der Waals surface area contributed by atoms with E-state index in [1.54, 1.807) is 0 Å². The highest BCUT2D eigenvalue weighted by atomic mass is 15.2. The maximum atomic E-state index is 3.59. The van der Waals surface area contributed by atoms with Crippen molar-refractivity contribution in [1.29, 1.82) is 0 Å². The van der Waals surface area contributed by atoms with E-state index in [1.807, 2.05) is 0 Å². The van der Waals surface area contributed by atoms with Gasteiger partial charge in [-0.25, -0.2) is 0 Å². The number of rotatable bonds is 3. The third-order valence-electron chi connectivity index (χ3n) is 5.72. The van der Waals surface area contributed by atoms with Crippen molar-refractivity contribution < 1.29 is 0 Å². The van der Waals surface area contributed by atoms with Crippen LogP contribution in [0.3, 0.4) is 0 Å². The van der Waals surface area contributed by atoms with Gasteiger partial charge < -0.3 is 5.32 Å². The van der Waals surface area contributed by atoms with Gasteiger partial charge in [0.1, 0.15) is 0 Å². The van der Waals surface area contributed by atoms with Gasteiger partial charge >= 0.3 is 0 Å². The fourth-order valence-corrected chi connectivity index (χ4v) is 4.36. The molecule has 0 bridgehead atoms. The summed E-state index contributed by atoms with van der Waals surface area (Å²) < 4.78 is 0. The molecule has 1 saturated carbocycles. The van der Waals surface area contributed by atoms with E-state index in [0.717, 1.165) is 29.8 Å². The summed E-state index contributed by atoms with van der Waals surface area (Å²) in [5.74, 6) is 2.61. The summed E-state index contributed by atoms with van der Waals surface area (Å²) in [5.41, 5.74) is 0. The number of piperidine rings is 1. The van der Waals surface area contributed by atoms with Crippen molar-refractivity contribution in [2.75, 3.05) is 20.1 Å².